The van der Waals surface area contributed by atoms with Gasteiger partial charge in [0.05, 0.1) is 12.7 Å². The van der Waals surface area contributed by atoms with E-state index in [-0.39, 0.29) is 6.61 Å². The normalized spacial score (nSPS) is 13.1. The second-order valence-corrected chi connectivity index (χ2v) is 3.92. The van der Waals surface area contributed by atoms with Crippen LogP contribution in [0.5, 0.6) is 0 Å². The molecule has 0 spiro atoms. The van der Waals surface area contributed by atoms with Crippen LogP contribution in [0.15, 0.2) is 0 Å². The maximum atomic E-state index is 9.05. The van der Waals surface area contributed by atoms with Crippen molar-refractivity contribution in [2.45, 2.75) is 64.4 Å². The lowest BCUT2D eigenvalue weighted by atomic mass is 10.1. The van der Waals surface area contributed by atoms with Gasteiger partial charge in [0.25, 0.3) is 0 Å². The average molecular weight is 201 g/mol. The summed E-state index contributed by atoms with van der Waals surface area (Å²) in [6.45, 7) is 2.11. The fourth-order valence-corrected chi connectivity index (χ4v) is 1.45. The predicted octanol–water partition coefficient (Wildman–Crippen LogP) is 2.68. The largest absolute Gasteiger partial charge is 0.394 e. The van der Waals surface area contributed by atoms with E-state index in [0.717, 1.165) is 6.42 Å². The molecule has 1 radical (unpaired) electrons. The molecule has 2 nitrogen and oxygen atoms in total. The predicted molar refractivity (Wildman–Crippen MR) is 60.0 cm³/mol. The fourth-order valence-electron chi connectivity index (χ4n) is 1.45. The van der Waals surface area contributed by atoms with Crippen molar-refractivity contribution in [2.75, 3.05) is 6.61 Å². The Morgan fingerprint density at radius 2 is 1.71 bits per heavy atom. The van der Waals surface area contributed by atoms with E-state index in [9.17, 15) is 0 Å². The highest BCUT2D eigenvalue weighted by Crippen LogP contribution is 2.09. The SMILES string of the molecule is CCCCCCCC[CH]CC(O)CO. The Morgan fingerprint density at radius 1 is 1.07 bits per heavy atom. The second-order valence-electron chi connectivity index (χ2n) is 3.92. The quantitative estimate of drug-likeness (QED) is 0.533. The van der Waals surface area contributed by atoms with Crippen LogP contribution in [0.4, 0.5) is 0 Å². The Bertz CT molecular complexity index is 104. The van der Waals surface area contributed by atoms with Crippen LogP contribution < -0.4 is 0 Å². The molecule has 0 saturated carbocycles. The lowest BCUT2D eigenvalue weighted by Crippen LogP contribution is -2.11. The zero-order valence-electron chi connectivity index (χ0n) is 9.41. The van der Waals surface area contributed by atoms with Crippen molar-refractivity contribution >= 4 is 0 Å². The van der Waals surface area contributed by atoms with Gasteiger partial charge in [-0.1, -0.05) is 51.9 Å². The van der Waals surface area contributed by atoms with E-state index in [1.807, 2.05) is 0 Å². The first-order chi connectivity index (χ1) is 6.81. The molecule has 2 heteroatoms. The molecule has 85 valence electrons. The number of aliphatic hydroxyl groups excluding tert-OH is 2. The zero-order chi connectivity index (χ0) is 10.6. The van der Waals surface area contributed by atoms with Gasteiger partial charge >= 0.3 is 0 Å². The maximum Gasteiger partial charge on any atom is 0.0773 e. The highest BCUT2D eigenvalue weighted by molar-refractivity contribution is 4.69. The van der Waals surface area contributed by atoms with Crippen molar-refractivity contribution in [2.24, 2.45) is 0 Å². The Morgan fingerprint density at radius 3 is 2.36 bits per heavy atom. The van der Waals surface area contributed by atoms with Gasteiger partial charge in [0.2, 0.25) is 0 Å². The van der Waals surface area contributed by atoms with Crippen molar-refractivity contribution < 1.29 is 10.2 Å². The van der Waals surface area contributed by atoms with E-state index in [2.05, 4.69) is 13.3 Å². The number of hydrogen-bond acceptors (Lipinski definition) is 2. The lowest BCUT2D eigenvalue weighted by Gasteiger charge is -2.05. The molecule has 2 N–H and O–H groups in total. The van der Waals surface area contributed by atoms with Gasteiger partial charge in [0, 0.05) is 0 Å². The molecule has 0 aromatic rings. The maximum absolute atomic E-state index is 9.05. The average Bonchev–Trinajstić information content (AvgIpc) is 2.21. The highest BCUT2D eigenvalue weighted by Gasteiger charge is 2.00. The minimum atomic E-state index is -0.546. The molecule has 0 aromatic heterocycles. The lowest BCUT2D eigenvalue weighted by molar-refractivity contribution is 0.0940. The van der Waals surface area contributed by atoms with Crippen molar-refractivity contribution in [3.63, 3.8) is 0 Å². The minimum Gasteiger partial charge on any atom is -0.394 e. The van der Waals surface area contributed by atoms with E-state index in [1.54, 1.807) is 0 Å². The summed E-state index contributed by atoms with van der Waals surface area (Å²) in [4.78, 5) is 0. The van der Waals surface area contributed by atoms with E-state index in [4.69, 9.17) is 10.2 Å². The fraction of sp³-hybridized carbons (Fsp3) is 0.917. The molecule has 0 aliphatic heterocycles. The molecule has 0 aliphatic rings. The van der Waals surface area contributed by atoms with Gasteiger partial charge in [-0.05, 0) is 12.8 Å². The monoisotopic (exact) mass is 201 g/mol. The van der Waals surface area contributed by atoms with Gasteiger partial charge in [-0.3, -0.25) is 0 Å². The second kappa shape index (κ2) is 11.0. The van der Waals surface area contributed by atoms with Gasteiger partial charge < -0.3 is 10.2 Å². The highest BCUT2D eigenvalue weighted by atomic mass is 16.3. The van der Waals surface area contributed by atoms with Gasteiger partial charge in [0.1, 0.15) is 0 Å². The standard InChI is InChI=1S/C12H25O2/c1-2-3-4-5-6-7-8-9-10-12(14)11-13/h9,12-14H,2-8,10-11H2,1H3. The Balaban J connectivity index is 2.92. The van der Waals surface area contributed by atoms with Gasteiger partial charge in [0.15, 0.2) is 0 Å². The summed E-state index contributed by atoms with van der Waals surface area (Å²) in [6.07, 6.45) is 11.1. The number of unbranched alkanes of at least 4 members (excludes halogenated alkanes) is 7. The van der Waals surface area contributed by atoms with E-state index in [1.165, 1.54) is 38.5 Å². The van der Waals surface area contributed by atoms with Crippen LogP contribution in [0.3, 0.4) is 0 Å². The molecule has 0 aromatic carbocycles. The smallest absolute Gasteiger partial charge is 0.0773 e. The number of rotatable bonds is 10. The Kier molecular flexibility index (Phi) is 10.9. The van der Waals surface area contributed by atoms with Crippen LogP contribution in [0.25, 0.3) is 0 Å². The molecular formula is C12H25O2. The van der Waals surface area contributed by atoms with E-state index in [0.29, 0.717) is 6.42 Å². The number of hydrogen-bond donors (Lipinski definition) is 2. The van der Waals surface area contributed by atoms with Crippen LogP contribution in [0.1, 0.15) is 58.3 Å². The molecule has 1 atom stereocenters. The molecule has 0 rings (SSSR count). The molecule has 0 saturated heterocycles. The summed E-state index contributed by atoms with van der Waals surface area (Å²) in [5.74, 6) is 0. The van der Waals surface area contributed by atoms with Crippen LogP contribution >= 0.6 is 0 Å². The van der Waals surface area contributed by atoms with Crippen LogP contribution in [-0.2, 0) is 0 Å². The summed E-state index contributed by atoms with van der Waals surface area (Å²) in [5, 5.41) is 17.6. The molecule has 1 unspecified atom stereocenters. The zero-order valence-corrected chi connectivity index (χ0v) is 9.41. The van der Waals surface area contributed by atoms with E-state index < -0.39 is 6.10 Å². The summed E-state index contributed by atoms with van der Waals surface area (Å²) < 4.78 is 0. The molecule has 0 heterocycles. The minimum absolute atomic E-state index is 0.118. The van der Waals surface area contributed by atoms with Crippen LogP contribution in [0, 0.1) is 6.42 Å². The van der Waals surface area contributed by atoms with Gasteiger partial charge in [-0.2, -0.15) is 0 Å². The van der Waals surface area contributed by atoms with Gasteiger partial charge in [-0.25, -0.2) is 0 Å². The van der Waals surface area contributed by atoms with Crippen LogP contribution in [-0.4, -0.2) is 22.9 Å². The number of aliphatic hydroxyl groups is 2. The third-order valence-corrected chi connectivity index (χ3v) is 2.41. The third-order valence-electron chi connectivity index (χ3n) is 2.41. The molecular weight excluding hydrogens is 176 g/mol. The Hall–Kier alpha value is -0.0800. The first-order valence-electron chi connectivity index (χ1n) is 5.91. The summed E-state index contributed by atoms with van der Waals surface area (Å²) in [6, 6.07) is 0. The van der Waals surface area contributed by atoms with Crippen molar-refractivity contribution in [1.29, 1.82) is 0 Å². The molecule has 14 heavy (non-hydrogen) atoms. The molecule has 0 fully saturated rings. The van der Waals surface area contributed by atoms with E-state index >= 15 is 0 Å². The molecule has 0 aliphatic carbocycles. The van der Waals surface area contributed by atoms with Crippen molar-refractivity contribution in [3.8, 4) is 0 Å². The Labute approximate surface area is 88.3 Å². The summed E-state index contributed by atoms with van der Waals surface area (Å²) in [7, 11) is 0. The topological polar surface area (TPSA) is 40.5 Å². The summed E-state index contributed by atoms with van der Waals surface area (Å²) >= 11 is 0. The molecule has 0 amide bonds. The molecule has 0 bridgehead atoms. The van der Waals surface area contributed by atoms with Crippen molar-refractivity contribution in [3.05, 3.63) is 6.42 Å². The van der Waals surface area contributed by atoms with Crippen molar-refractivity contribution in [1.82, 2.24) is 0 Å². The summed E-state index contributed by atoms with van der Waals surface area (Å²) in [5.41, 5.74) is 0. The first-order valence-corrected chi connectivity index (χ1v) is 5.91. The van der Waals surface area contributed by atoms with Gasteiger partial charge in [-0.15, -0.1) is 0 Å². The first kappa shape index (κ1) is 13.9. The third kappa shape index (κ3) is 10.0. The van der Waals surface area contributed by atoms with Crippen LogP contribution in [0.2, 0.25) is 0 Å².